The van der Waals surface area contributed by atoms with Gasteiger partial charge in [-0.1, -0.05) is 24.3 Å². The molecule has 3 rings (SSSR count). The molecule has 1 aromatic heterocycles. The molecular formula is C23H25NO5. The first kappa shape index (κ1) is 20.6. The molecule has 0 aliphatic rings. The number of carbonyl (C=O) groups is 1. The first-order chi connectivity index (χ1) is 14.0. The third kappa shape index (κ3) is 4.84. The molecule has 2 aromatic carbocycles. The number of amides is 1. The summed E-state index contributed by atoms with van der Waals surface area (Å²) in [6.07, 6.45) is 0.529. The van der Waals surface area contributed by atoms with E-state index in [1.807, 2.05) is 43.3 Å². The minimum Gasteiger partial charge on any atom is -0.497 e. The zero-order chi connectivity index (χ0) is 20.8. The van der Waals surface area contributed by atoms with Crippen molar-refractivity contribution in [3.05, 3.63) is 75.1 Å². The van der Waals surface area contributed by atoms with Crippen LogP contribution in [0, 0.1) is 6.92 Å². The van der Waals surface area contributed by atoms with Gasteiger partial charge >= 0.3 is 5.63 Å². The van der Waals surface area contributed by atoms with Crippen LogP contribution in [0.1, 0.15) is 28.7 Å². The Morgan fingerprint density at radius 1 is 1.10 bits per heavy atom. The number of fused-ring (bicyclic) bond motifs is 1. The molecule has 0 spiro atoms. The van der Waals surface area contributed by atoms with Gasteiger partial charge < -0.3 is 19.2 Å². The maximum absolute atomic E-state index is 12.4. The Morgan fingerprint density at radius 2 is 1.86 bits per heavy atom. The molecule has 0 saturated heterocycles. The van der Waals surface area contributed by atoms with Gasteiger partial charge in [0.25, 0.3) is 0 Å². The summed E-state index contributed by atoms with van der Waals surface area (Å²) in [5, 5.41) is 3.76. The van der Waals surface area contributed by atoms with E-state index in [0.717, 1.165) is 22.1 Å². The van der Waals surface area contributed by atoms with Gasteiger partial charge in [0.15, 0.2) is 0 Å². The summed E-state index contributed by atoms with van der Waals surface area (Å²) < 4.78 is 15.8. The Labute approximate surface area is 169 Å². The lowest BCUT2D eigenvalue weighted by Gasteiger charge is -2.11. The van der Waals surface area contributed by atoms with Crippen molar-refractivity contribution in [2.45, 2.75) is 32.9 Å². The molecule has 3 aromatic rings. The molecule has 152 valence electrons. The average molecular weight is 395 g/mol. The summed E-state index contributed by atoms with van der Waals surface area (Å²) >= 11 is 0. The van der Waals surface area contributed by atoms with Crippen LogP contribution in [0.5, 0.6) is 5.75 Å². The van der Waals surface area contributed by atoms with E-state index in [0.29, 0.717) is 36.5 Å². The van der Waals surface area contributed by atoms with Crippen LogP contribution in [0.4, 0.5) is 0 Å². The first-order valence-electron chi connectivity index (χ1n) is 9.46. The monoisotopic (exact) mass is 395 g/mol. The number of methoxy groups -OCH3 is 2. The summed E-state index contributed by atoms with van der Waals surface area (Å²) in [4.78, 5) is 24.7. The van der Waals surface area contributed by atoms with Crippen molar-refractivity contribution < 1.29 is 18.7 Å². The molecule has 1 heterocycles. The number of hydrogen-bond donors (Lipinski definition) is 1. The lowest BCUT2D eigenvalue weighted by molar-refractivity contribution is -0.121. The largest absolute Gasteiger partial charge is 0.497 e. The molecule has 6 heteroatoms. The molecule has 1 amide bonds. The van der Waals surface area contributed by atoms with E-state index in [2.05, 4.69) is 5.32 Å². The van der Waals surface area contributed by atoms with Crippen LogP contribution >= 0.6 is 0 Å². The highest BCUT2D eigenvalue weighted by Gasteiger charge is 2.14. The molecule has 0 aliphatic carbocycles. The number of carbonyl (C=O) groups excluding carboxylic acids is 1. The van der Waals surface area contributed by atoms with Crippen LogP contribution in [0.15, 0.2) is 51.7 Å². The van der Waals surface area contributed by atoms with Gasteiger partial charge in [0.2, 0.25) is 5.91 Å². The summed E-state index contributed by atoms with van der Waals surface area (Å²) in [6.45, 7) is 2.79. The highest BCUT2D eigenvalue weighted by atomic mass is 16.5. The number of ether oxygens (including phenoxy) is 2. The predicted molar refractivity (Wildman–Crippen MR) is 111 cm³/mol. The van der Waals surface area contributed by atoms with Gasteiger partial charge in [-0.25, -0.2) is 4.79 Å². The van der Waals surface area contributed by atoms with Crippen LogP contribution < -0.4 is 15.7 Å². The molecule has 0 radical (unpaired) electrons. The van der Waals surface area contributed by atoms with E-state index in [1.54, 1.807) is 20.3 Å². The van der Waals surface area contributed by atoms with Gasteiger partial charge in [-0.05, 0) is 42.2 Å². The van der Waals surface area contributed by atoms with Crippen LogP contribution in [0.25, 0.3) is 11.0 Å². The van der Waals surface area contributed by atoms with E-state index >= 15 is 0 Å². The number of hydrogen-bond acceptors (Lipinski definition) is 5. The van der Waals surface area contributed by atoms with E-state index < -0.39 is 5.63 Å². The van der Waals surface area contributed by atoms with Crippen LogP contribution in [-0.4, -0.2) is 20.1 Å². The number of rotatable bonds is 8. The highest BCUT2D eigenvalue weighted by Crippen LogP contribution is 2.24. The lowest BCUT2D eigenvalue weighted by atomic mass is 10.0. The molecule has 0 fully saturated rings. The molecule has 0 aliphatic heterocycles. The second-order valence-corrected chi connectivity index (χ2v) is 6.83. The Hall–Kier alpha value is -3.12. The van der Waals surface area contributed by atoms with Gasteiger partial charge in [-0.3, -0.25) is 4.79 Å². The van der Waals surface area contributed by atoms with Crippen molar-refractivity contribution in [2.24, 2.45) is 0 Å². The molecule has 0 atom stereocenters. The maximum Gasteiger partial charge on any atom is 0.339 e. The van der Waals surface area contributed by atoms with Crippen LogP contribution in [-0.2, 0) is 29.1 Å². The molecule has 0 saturated carbocycles. The van der Waals surface area contributed by atoms with Gasteiger partial charge in [0.1, 0.15) is 11.3 Å². The quantitative estimate of drug-likeness (QED) is 0.591. The molecule has 6 nitrogen and oxygen atoms in total. The Morgan fingerprint density at radius 3 is 2.59 bits per heavy atom. The standard InChI is InChI=1S/C23H25NO5/c1-15-19-9-8-18(28-3)12-21(19)29-23(26)20(15)10-11-22(25)24-13-16-6-4-5-7-17(16)14-27-2/h4-9,12H,10-11,13-14H2,1-3H3,(H,24,25). The third-order valence-corrected chi connectivity index (χ3v) is 4.99. The lowest BCUT2D eigenvalue weighted by Crippen LogP contribution is -2.24. The first-order valence-corrected chi connectivity index (χ1v) is 9.46. The second-order valence-electron chi connectivity index (χ2n) is 6.83. The summed E-state index contributed by atoms with van der Waals surface area (Å²) in [5.41, 5.74) is 3.47. The Kier molecular flexibility index (Phi) is 6.67. The molecule has 29 heavy (non-hydrogen) atoms. The fourth-order valence-corrected chi connectivity index (χ4v) is 3.34. The Bertz CT molecular complexity index is 1070. The summed E-state index contributed by atoms with van der Waals surface area (Å²) in [7, 11) is 3.20. The molecule has 1 N–H and O–H groups in total. The maximum atomic E-state index is 12.4. The van der Waals surface area contributed by atoms with Gasteiger partial charge in [0.05, 0.1) is 13.7 Å². The van der Waals surface area contributed by atoms with Crippen molar-refractivity contribution >= 4 is 16.9 Å². The van der Waals surface area contributed by atoms with E-state index in [4.69, 9.17) is 13.9 Å². The van der Waals surface area contributed by atoms with Crippen molar-refractivity contribution in [1.29, 1.82) is 0 Å². The van der Waals surface area contributed by atoms with Crippen molar-refractivity contribution in [2.75, 3.05) is 14.2 Å². The molecule has 0 unspecified atom stereocenters. The predicted octanol–water partition coefficient (Wildman–Crippen LogP) is 3.51. The van der Waals surface area contributed by atoms with E-state index in [-0.39, 0.29) is 12.3 Å². The number of benzene rings is 2. The van der Waals surface area contributed by atoms with E-state index in [1.165, 1.54) is 0 Å². The van der Waals surface area contributed by atoms with Crippen molar-refractivity contribution in [3.63, 3.8) is 0 Å². The third-order valence-electron chi connectivity index (χ3n) is 4.99. The zero-order valence-corrected chi connectivity index (χ0v) is 16.9. The fraction of sp³-hybridized carbons (Fsp3) is 0.304. The zero-order valence-electron chi connectivity index (χ0n) is 16.9. The van der Waals surface area contributed by atoms with Gasteiger partial charge in [0, 0.05) is 37.1 Å². The SMILES string of the molecule is COCc1ccccc1CNC(=O)CCc1c(C)c2ccc(OC)cc2oc1=O. The topological polar surface area (TPSA) is 77.8 Å². The molecule has 0 bridgehead atoms. The van der Waals surface area contributed by atoms with Gasteiger partial charge in [-0.15, -0.1) is 0 Å². The van der Waals surface area contributed by atoms with E-state index in [9.17, 15) is 9.59 Å². The average Bonchev–Trinajstić information content (AvgIpc) is 2.72. The minimum atomic E-state index is -0.415. The minimum absolute atomic E-state index is 0.120. The Balaban J connectivity index is 1.67. The summed E-state index contributed by atoms with van der Waals surface area (Å²) in [5.74, 6) is 0.506. The highest BCUT2D eigenvalue weighted by molar-refractivity contribution is 5.82. The normalized spacial score (nSPS) is 10.9. The van der Waals surface area contributed by atoms with Crippen LogP contribution in [0.3, 0.4) is 0 Å². The summed E-state index contributed by atoms with van der Waals surface area (Å²) in [6, 6.07) is 13.2. The van der Waals surface area contributed by atoms with Crippen molar-refractivity contribution in [3.8, 4) is 5.75 Å². The smallest absolute Gasteiger partial charge is 0.339 e. The molecular weight excluding hydrogens is 370 g/mol. The van der Waals surface area contributed by atoms with Crippen molar-refractivity contribution in [1.82, 2.24) is 5.32 Å². The number of nitrogens with one attached hydrogen (secondary N) is 1. The number of aryl methyl sites for hydroxylation is 1. The van der Waals surface area contributed by atoms with Gasteiger partial charge in [-0.2, -0.15) is 0 Å². The second kappa shape index (κ2) is 9.39. The van der Waals surface area contributed by atoms with Crippen LogP contribution in [0.2, 0.25) is 0 Å². The fourth-order valence-electron chi connectivity index (χ4n) is 3.34.